The number of fused-ring (bicyclic) bond motifs is 1. The molecule has 0 amide bonds. The molecule has 2 heterocycles. The molecule has 0 fully saturated rings. The van der Waals surface area contributed by atoms with Gasteiger partial charge in [0.1, 0.15) is 0 Å². The van der Waals surface area contributed by atoms with Gasteiger partial charge in [-0.1, -0.05) is 6.92 Å². The summed E-state index contributed by atoms with van der Waals surface area (Å²) in [7, 11) is 0.0185. The molecule has 0 aliphatic heterocycles. The maximum Gasteiger partial charge on any atom is 0.260 e. The molecule has 0 unspecified atom stereocenters. The summed E-state index contributed by atoms with van der Waals surface area (Å²) in [5.74, 6) is 0.369. The second-order valence-corrected chi connectivity index (χ2v) is 6.92. The Labute approximate surface area is 122 Å². The summed E-state index contributed by atoms with van der Waals surface area (Å²) in [6.07, 6.45) is 1.71. The van der Waals surface area contributed by atoms with Crippen LogP contribution in [0.25, 0.3) is 4.96 Å². The fourth-order valence-electron chi connectivity index (χ4n) is 1.78. The quantitative estimate of drug-likeness (QED) is 0.784. The van der Waals surface area contributed by atoms with Crippen LogP contribution in [0.3, 0.4) is 0 Å². The summed E-state index contributed by atoms with van der Waals surface area (Å²) in [6, 6.07) is 0. The van der Waals surface area contributed by atoms with E-state index >= 15 is 0 Å². The lowest BCUT2D eigenvalue weighted by molar-refractivity contribution is 0.358. The Morgan fingerprint density at radius 1 is 1.50 bits per heavy atom. The third-order valence-electron chi connectivity index (χ3n) is 3.04. The van der Waals surface area contributed by atoms with Crippen molar-refractivity contribution in [3.05, 3.63) is 11.6 Å². The molecule has 0 radical (unpaired) electrons. The van der Waals surface area contributed by atoms with Gasteiger partial charge >= 0.3 is 0 Å². The monoisotopic (exact) mass is 317 g/mol. The van der Waals surface area contributed by atoms with E-state index in [0.29, 0.717) is 23.9 Å². The molecule has 2 aromatic rings. The van der Waals surface area contributed by atoms with Gasteiger partial charge in [-0.15, -0.1) is 11.3 Å². The lowest BCUT2D eigenvalue weighted by Gasteiger charge is -2.14. The minimum Gasteiger partial charge on any atom is -0.371 e. The highest BCUT2D eigenvalue weighted by Crippen LogP contribution is 2.24. The van der Waals surface area contributed by atoms with E-state index in [1.807, 2.05) is 24.3 Å². The fraction of sp³-hybridized carbons (Fsp3) is 0.545. The third kappa shape index (κ3) is 2.95. The van der Waals surface area contributed by atoms with Gasteiger partial charge < -0.3 is 10.2 Å². The molecule has 0 bridgehead atoms. The summed E-state index contributed by atoms with van der Waals surface area (Å²) in [5, 5.41) is 4.81. The van der Waals surface area contributed by atoms with E-state index in [0.717, 1.165) is 6.54 Å². The van der Waals surface area contributed by atoms with Crippen LogP contribution in [0.1, 0.15) is 6.92 Å². The first-order chi connectivity index (χ1) is 9.49. The second-order valence-electron chi connectivity index (χ2n) is 4.36. The molecule has 0 saturated heterocycles. The van der Waals surface area contributed by atoms with Crippen LogP contribution >= 0.6 is 11.3 Å². The van der Waals surface area contributed by atoms with E-state index in [2.05, 4.69) is 15.0 Å². The summed E-state index contributed by atoms with van der Waals surface area (Å²) < 4.78 is 29.1. The molecule has 0 atom stereocenters. The van der Waals surface area contributed by atoms with Crippen LogP contribution in [0.2, 0.25) is 0 Å². The average molecular weight is 317 g/mol. The number of nitrogens with one attached hydrogen (secondary N) is 2. The first-order valence-electron chi connectivity index (χ1n) is 6.31. The molecule has 0 aliphatic carbocycles. The number of anilines is 1. The molecule has 2 N–H and O–H groups in total. The Morgan fingerprint density at radius 2 is 2.25 bits per heavy atom. The van der Waals surface area contributed by atoms with E-state index in [1.54, 1.807) is 17.6 Å². The summed E-state index contributed by atoms with van der Waals surface area (Å²) in [6.45, 7) is 3.94. The van der Waals surface area contributed by atoms with Crippen molar-refractivity contribution < 1.29 is 8.42 Å². The van der Waals surface area contributed by atoms with Crippen molar-refractivity contribution in [3.8, 4) is 0 Å². The number of hydrogen-bond acceptors (Lipinski definition) is 6. The molecule has 20 heavy (non-hydrogen) atoms. The van der Waals surface area contributed by atoms with E-state index in [1.165, 1.54) is 11.3 Å². The highest BCUT2D eigenvalue weighted by Gasteiger charge is 2.25. The number of nitrogens with zero attached hydrogens (tertiary/aromatic N) is 3. The van der Waals surface area contributed by atoms with Gasteiger partial charge in [-0.05, 0) is 13.6 Å². The molecule has 2 aromatic heterocycles. The van der Waals surface area contributed by atoms with Crippen LogP contribution in [0.4, 0.5) is 5.82 Å². The number of aromatic nitrogens is 2. The first kappa shape index (κ1) is 15.2. The molecule has 0 aromatic carbocycles. The molecule has 2 rings (SSSR count). The minimum atomic E-state index is -3.59. The molecule has 7 nitrogen and oxygen atoms in total. The van der Waals surface area contributed by atoms with Crippen LogP contribution in [0.15, 0.2) is 16.6 Å². The Morgan fingerprint density at radius 3 is 2.90 bits per heavy atom. The van der Waals surface area contributed by atoms with Crippen LogP contribution < -0.4 is 10.0 Å². The second kappa shape index (κ2) is 6.08. The molecule has 0 aliphatic rings. The van der Waals surface area contributed by atoms with Crippen molar-refractivity contribution in [2.75, 3.05) is 39.0 Å². The number of thiazole rings is 1. The zero-order chi connectivity index (χ0) is 14.8. The minimum absolute atomic E-state index is 0.162. The molecule has 0 spiro atoms. The van der Waals surface area contributed by atoms with Gasteiger partial charge in [-0.2, -0.15) is 0 Å². The summed E-state index contributed by atoms with van der Waals surface area (Å²) in [4.78, 5) is 6.95. The third-order valence-corrected chi connectivity index (χ3v) is 5.27. The summed E-state index contributed by atoms with van der Waals surface area (Å²) in [5.41, 5.74) is 0. The number of rotatable bonds is 7. The lowest BCUT2D eigenvalue weighted by Crippen LogP contribution is -2.33. The van der Waals surface area contributed by atoms with Crippen LogP contribution in [0.5, 0.6) is 0 Å². The van der Waals surface area contributed by atoms with Crippen molar-refractivity contribution >= 4 is 32.1 Å². The SMILES string of the molecule is CCN(C)CCNS(=O)(=O)c1c(NC)nc2sccn12. The Kier molecular flexibility index (Phi) is 4.63. The van der Waals surface area contributed by atoms with Gasteiger partial charge in [0.2, 0.25) is 0 Å². The van der Waals surface area contributed by atoms with Crippen molar-refractivity contribution in [2.45, 2.75) is 11.9 Å². The molecular formula is C11H19N5O2S2. The van der Waals surface area contributed by atoms with Crippen molar-refractivity contribution in [1.29, 1.82) is 0 Å². The van der Waals surface area contributed by atoms with Crippen molar-refractivity contribution in [2.24, 2.45) is 0 Å². The van der Waals surface area contributed by atoms with Gasteiger partial charge in [0.05, 0.1) is 0 Å². The lowest BCUT2D eigenvalue weighted by atomic mass is 10.5. The van der Waals surface area contributed by atoms with Crippen molar-refractivity contribution in [1.82, 2.24) is 19.0 Å². The van der Waals surface area contributed by atoms with Crippen molar-refractivity contribution in [3.63, 3.8) is 0 Å². The maximum absolute atomic E-state index is 12.4. The largest absolute Gasteiger partial charge is 0.371 e. The number of hydrogen-bond donors (Lipinski definition) is 2. The standard InChI is InChI=1S/C11H19N5O2S2/c1-4-15(3)6-5-13-20(17,18)10-9(12-2)14-11-16(10)7-8-19-11/h7-8,12-13H,4-6H2,1-3H3. The Hall–Kier alpha value is -1.16. The van der Waals surface area contributed by atoms with Crippen LogP contribution in [0, 0.1) is 0 Å². The fourth-order valence-corrected chi connectivity index (χ4v) is 3.86. The molecule has 9 heteroatoms. The van der Waals surface area contributed by atoms with Gasteiger partial charge in [0.25, 0.3) is 10.0 Å². The predicted octanol–water partition coefficient (Wildman–Crippen LogP) is 0.667. The topological polar surface area (TPSA) is 78.7 Å². The molecule has 0 saturated carbocycles. The van der Waals surface area contributed by atoms with Crippen LogP contribution in [-0.4, -0.2) is 56.4 Å². The van der Waals surface area contributed by atoms with E-state index < -0.39 is 10.0 Å². The highest BCUT2D eigenvalue weighted by atomic mass is 32.2. The van der Waals surface area contributed by atoms with E-state index in [9.17, 15) is 8.42 Å². The Bertz CT molecular complexity index is 676. The number of likely N-dealkylation sites (N-methyl/N-ethyl adjacent to an activating group) is 1. The number of sulfonamides is 1. The van der Waals surface area contributed by atoms with E-state index in [4.69, 9.17) is 0 Å². The first-order valence-corrected chi connectivity index (χ1v) is 8.67. The Balaban J connectivity index is 2.24. The van der Waals surface area contributed by atoms with Gasteiger partial charge in [0, 0.05) is 31.7 Å². The smallest absolute Gasteiger partial charge is 0.260 e. The zero-order valence-corrected chi connectivity index (χ0v) is 13.4. The van der Waals surface area contributed by atoms with Gasteiger partial charge in [-0.3, -0.25) is 4.40 Å². The van der Waals surface area contributed by atoms with E-state index in [-0.39, 0.29) is 5.03 Å². The molecular weight excluding hydrogens is 298 g/mol. The predicted molar refractivity (Wildman–Crippen MR) is 81.0 cm³/mol. The number of imidazole rings is 1. The molecule has 112 valence electrons. The summed E-state index contributed by atoms with van der Waals surface area (Å²) >= 11 is 1.40. The average Bonchev–Trinajstić information content (AvgIpc) is 2.97. The van der Waals surface area contributed by atoms with Gasteiger partial charge in [0.15, 0.2) is 15.8 Å². The normalized spacial score (nSPS) is 12.4. The zero-order valence-electron chi connectivity index (χ0n) is 11.8. The van der Waals surface area contributed by atoms with Gasteiger partial charge in [-0.25, -0.2) is 18.1 Å². The maximum atomic E-state index is 12.4. The van der Waals surface area contributed by atoms with Crippen LogP contribution in [-0.2, 0) is 10.0 Å². The highest BCUT2D eigenvalue weighted by molar-refractivity contribution is 7.89.